The van der Waals surface area contributed by atoms with Crippen LogP contribution in [-0.2, 0) is 6.54 Å². The van der Waals surface area contributed by atoms with Crippen LogP contribution < -0.4 is 5.32 Å². The third-order valence-electron chi connectivity index (χ3n) is 5.23. The minimum absolute atomic E-state index is 0.123. The molecule has 3 rings (SSSR count). The van der Waals surface area contributed by atoms with Crippen molar-refractivity contribution in [1.82, 2.24) is 15.1 Å². The zero-order chi connectivity index (χ0) is 22.9. The normalized spacial score (nSPS) is 13.7. The summed E-state index contributed by atoms with van der Waals surface area (Å²) in [7, 11) is 1.67. The molecule has 1 fully saturated rings. The summed E-state index contributed by atoms with van der Waals surface area (Å²) in [6.07, 6.45) is 5.08. The highest BCUT2D eigenvalue weighted by atomic mass is 32.1. The summed E-state index contributed by atoms with van der Waals surface area (Å²) in [5.74, 6) is -0.646. The van der Waals surface area contributed by atoms with Gasteiger partial charge < -0.3 is 20.2 Å². The van der Waals surface area contributed by atoms with Crippen LogP contribution in [0.1, 0.15) is 50.4 Å². The van der Waals surface area contributed by atoms with Gasteiger partial charge in [-0.1, -0.05) is 18.2 Å². The van der Waals surface area contributed by atoms with E-state index in [4.69, 9.17) is 5.11 Å². The molecule has 0 radical (unpaired) electrons. The van der Waals surface area contributed by atoms with Crippen molar-refractivity contribution in [2.24, 2.45) is 4.99 Å². The molecule has 1 saturated heterocycles. The van der Waals surface area contributed by atoms with Crippen molar-refractivity contribution in [2.45, 2.75) is 25.8 Å². The molecule has 168 valence electrons. The second-order valence-corrected chi connectivity index (χ2v) is 8.46. The van der Waals surface area contributed by atoms with E-state index in [1.54, 1.807) is 30.9 Å². The molecule has 0 saturated carbocycles. The highest BCUT2D eigenvalue weighted by Crippen LogP contribution is 2.32. The van der Waals surface area contributed by atoms with E-state index in [9.17, 15) is 14.9 Å². The summed E-state index contributed by atoms with van der Waals surface area (Å²) < 4.78 is 0. The lowest BCUT2D eigenvalue weighted by Gasteiger charge is -2.24. The minimum atomic E-state index is -0.377. The number of likely N-dealkylation sites (tertiary alicyclic amines) is 1. The number of nitrogens with one attached hydrogen (secondary N) is 1. The average Bonchev–Trinajstić information content (AvgIpc) is 3.25. The average molecular weight is 454 g/mol. The Labute approximate surface area is 191 Å². The van der Waals surface area contributed by atoms with Gasteiger partial charge in [0.15, 0.2) is 0 Å². The van der Waals surface area contributed by atoms with E-state index < -0.39 is 0 Å². The predicted molar refractivity (Wildman–Crippen MR) is 124 cm³/mol. The second-order valence-electron chi connectivity index (χ2n) is 7.58. The van der Waals surface area contributed by atoms with Crippen molar-refractivity contribution in [3.05, 3.63) is 51.2 Å². The fourth-order valence-electron chi connectivity index (χ4n) is 3.50. The van der Waals surface area contributed by atoms with Crippen LogP contribution in [-0.4, -0.2) is 66.3 Å². The van der Waals surface area contributed by atoms with Gasteiger partial charge in [0.2, 0.25) is 0 Å². The minimum Gasteiger partial charge on any atom is -0.395 e. The van der Waals surface area contributed by atoms with E-state index in [1.165, 1.54) is 22.7 Å². The van der Waals surface area contributed by atoms with E-state index in [-0.39, 0.29) is 31.5 Å². The third-order valence-corrected chi connectivity index (χ3v) is 6.19. The number of amides is 2. The van der Waals surface area contributed by atoms with Gasteiger partial charge >= 0.3 is 0 Å². The van der Waals surface area contributed by atoms with Crippen molar-refractivity contribution in [2.75, 3.05) is 33.3 Å². The van der Waals surface area contributed by atoms with Crippen LogP contribution in [0.3, 0.4) is 0 Å². The van der Waals surface area contributed by atoms with Crippen LogP contribution in [0.2, 0.25) is 0 Å². The maximum absolute atomic E-state index is 13.3. The molecule has 2 heterocycles. The van der Waals surface area contributed by atoms with E-state index >= 15 is 0 Å². The van der Waals surface area contributed by atoms with Gasteiger partial charge in [-0.3, -0.25) is 9.59 Å². The number of hydrogen-bond acceptors (Lipinski definition) is 6. The summed E-state index contributed by atoms with van der Waals surface area (Å²) in [6, 6.07) is 9.30. The van der Waals surface area contributed by atoms with Crippen molar-refractivity contribution in [3.8, 4) is 6.07 Å². The lowest BCUT2D eigenvalue weighted by molar-refractivity contribution is 0.0790. The Hall–Kier alpha value is -3.22. The quantitative estimate of drug-likeness (QED) is 0.472. The van der Waals surface area contributed by atoms with Crippen LogP contribution in [0.4, 0.5) is 5.69 Å². The van der Waals surface area contributed by atoms with E-state index in [1.807, 2.05) is 12.1 Å². The van der Waals surface area contributed by atoms with E-state index in [0.717, 1.165) is 31.5 Å². The second kappa shape index (κ2) is 11.4. The molecule has 8 nitrogen and oxygen atoms in total. The Morgan fingerprint density at radius 3 is 2.78 bits per heavy atom. The number of hydrogen-bond donors (Lipinski definition) is 2. The number of rotatable bonds is 8. The topological polar surface area (TPSA) is 109 Å². The maximum atomic E-state index is 13.3. The SMILES string of the molecule is CN(Cc1ccccc1C#N)C(=O)c1scc(C(=O)NCCO)c1/N=C/N1CCCCC1. The number of nitriles is 1. The van der Waals surface area contributed by atoms with Crippen molar-refractivity contribution < 1.29 is 14.7 Å². The fraction of sp³-hybridized carbons (Fsp3) is 0.391. The van der Waals surface area contributed by atoms with Gasteiger partial charge in [-0.05, 0) is 30.9 Å². The fourth-order valence-corrected chi connectivity index (χ4v) is 4.48. The molecule has 1 aliphatic heterocycles. The number of aliphatic hydroxyl groups is 1. The van der Waals surface area contributed by atoms with Crippen LogP contribution >= 0.6 is 11.3 Å². The Morgan fingerprint density at radius 2 is 2.06 bits per heavy atom. The van der Waals surface area contributed by atoms with Gasteiger partial charge in [0.25, 0.3) is 11.8 Å². The number of nitrogens with zero attached hydrogens (tertiary/aromatic N) is 4. The zero-order valence-corrected chi connectivity index (χ0v) is 18.9. The maximum Gasteiger partial charge on any atom is 0.266 e. The van der Waals surface area contributed by atoms with Gasteiger partial charge in [-0.25, -0.2) is 4.99 Å². The number of thiophene rings is 1. The molecule has 2 N–H and O–H groups in total. The smallest absolute Gasteiger partial charge is 0.266 e. The Bertz CT molecular complexity index is 1020. The largest absolute Gasteiger partial charge is 0.395 e. The highest BCUT2D eigenvalue weighted by Gasteiger charge is 2.24. The summed E-state index contributed by atoms with van der Waals surface area (Å²) >= 11 is 1.17. The molecule has 9 heteroatoms. The zero-order valence-electron chi connectivity index (χ0n) is 18.1. The van der Waals surface area contributed by atoms with Gasteiger partial charge in [0, 0.05) is 38.6 Å². The summed E-state index contributed by atoms with van der Waals surface area (Å²) in [5.41, 5.74) is 1.92. The number of benzene rings is 1. The van der Waals surface area contributed by atoms with Crippen LogP contribution in [0.5, 0.6) is 0 Å². The van der Waals surface area contributed by atoms with E-state index in [2.05, 4.69) is 21.3 Å². The van der Waals surface area contributed by atoms with Gasteiger partial charge in [0.1, 0.15) is 10.6 Å². The molecule has 0 unspecified atom stereocenters. The van der Waals surface area contributed by atoms with Gasteiger partial charge in [-0.2, -0.15) is 5.26 Å². The monoisotopic (exact) mass is 453 g/mol. The van der Waals surface area contributed by atoms with E-state index in [0.29, 0.717) is 21.7 Å². The van der Waals surface area contributed by atoms with Gasteiger partial charge in [-0.15, -0.1) is 11.3 Å². The van der Waals surface area contributed by atoms with Crippen LogP contribution in [0.15, 0.2) is 34.6 Å². The molecular weight excluding hydrogens is 426 g/mol. The number of carbonyl (C=O) groups is 2. The molecule has 0 bridgehead atoms. The molecule has 2 aromatic rings. The number of piperidine rings is 1. The van der Waals surface area contributed by atoms with Crippen molar-refractivity contribution >= 4 is 35.2 Å². The molecule has 0 aliphatic carbocycles. The van der Waals surface area contributed by atoms with Crippen molar-refractivity contribution in [3.63, 3.8) is 0 Å². The molecule has 32 heavy (non-hydrogen) atoms. The Morgan fingerprint density at radius 1 is 1.31 bits per heavy atom. The van der Waals surface area contributed by atoms with Crippen LogP contribution in [0, 0.1) is 11.3 Å². The summed E-state index contributed by atoms with van der Waals surface area (Å²) in [5, 5.41) is 22.6. The summed E-state index contributed by atoms with van der Waals surface area (Å²) in [6.45, 7) is 2.01. The molecule has 1 aromatic heterocycles. The molecule has 1 aromatic carbocycles. The first-order chi connectivity index (χ1) is 15.5. The summed E-state index contributed by atoms with van der Waals surface area (Å²) in [4.78, 5) is 34.4. The van der Waals surface area contributed by atoms with Crippen LogP contribution in [0.25, 0.3) is 0 Å². The Kier molecular flexibility index (Phi) is 8.36. The number of aliphatic imine (C=N–C) groups is 1. The molecule has 1 aliphatic rings. The number of carbonyl (C=O) groups excluding carboxylic acids is 2. The third kappa shape index (κ3) is 5.72. The lowest BCUT2D eigenvalue weighted by Crippen LogP contribution is -2.29. The molecule has 0 spiro atoms. The van der Waals surface area contributed by atoms with Crippen molar-refractivity contribution in [1.29, 1.82) is 5.26 Å². The van der Waals surface area contributed by atoms with Gasteiger partial charge in [0.05, 0.1) is 30.1 Å². The molecule has 0 atom stereocenters. The molecule has 2 amide bonds. The predicted octanol–water partition coefficient (Wildman–Crippen LogP) is 2.76. The first-order valence-electron chi connectivity index (χ1n) is 10.6. The lowest BCUT2D eigenvalue weighted by atomic mass is 10.1. The Balaban J connectivity index is 1.87. The highest BCUT2D eigenvalue weighted by molar-refractivity contribution is 7.13. The first kappa shape index (κ1) is 23.4. The number of aliphatic hydroxyl groups excluding tert-OH is 1. The molecular formula is C23H27N5O3S. The standard InChI is InChI=1S/C23H27N5O3S/c1-27(14-18-8-4-3-7-17(18)13-24)23(31)21-20(26-16-28-10-5-2-6-11-28)19(15-32-21)22(30)25-9-12-29/h3-4,7-8,15-16,29H,2,5-6,9-12,14H2,1H3,(H,25,30)/b26-16+. The first-order valence-corrected chi connectivity index (χ1v) is 11.5.